The molecule has 0 aliphatic carbocycles. The maximum absolute atomic E-state index is 4.88. The fourth-order valence-electron chi connectivity index (χ4n) is 0.684. The Labute approximate surface area is 64.1 Å². The second kappa shape index (κ2) is 8.70. The van der Waals surface area contributed by atoms with Crippen molar-refractivity contribution in [1.29, 1.82) is 0 Å². The average molecular weight is 141 g/mol. The fourth-order valence-corrected chi connectivity index (χ4v) is 0.684. The van der Waals surface area contributed by atoms with E-state index in [1.165, 1.54) is 6.42 Å². The number of rotatable bonds is 6. The Morgan fingerprint density at radius 2 is 2.00 bits per heavy atom. The molecule has 1 nitrogen and oxygen atoms in total. The number of methoxy groups -OCH3 is 1. The molecule has 1 radical (unpaired) electrons. The second-order valence-corrected chi connectivity index (χ2v) is 2.25. The van der Waals surface area contributed by atoms with Gasteiger partial charge in [0.25, 0.3) is 0 Å². The van der Waals surface area contributed by atoms with Gasteiger partial charge < -0.3 is 4.74 Å². The van der Waals surface area contributed by atoms with Gasteiger partial charge in [-0.25, -0.2) is 0 Å². The summed E-state index contributed by atoms with van der Waals surface area (Å²) in [5.41, 5.74) is 0. The van der Waals surface area contributed by atoms with Crippen LogP contribution in [0.25, 0.3) is 0 Å². The molecule has 0 N–H and O–H groups in total. The quantitative estimate of drug-likeness (QED) is 0.408. The molecule has 0 aromatic heterocycles. The summed E-state index contributed by atoms with van der Waals surface area (Å²) in [6, 6.07) is 0. The first kappa shape index (κ1) is 9.70. The van der Waals surface area contributed by atoms with Gasteiger partial charge >= 0.3 is 0 Å². The highest BCUT2D eigenvalue weighted by Crippen LogP contribution is 1.95. The zero-order valence-corrected chi connectivity index (χ0v) is 6.81. The molecule has 0 heterocycles. The molecule has 0 saturated carbocycles. The molecule has 0 spiro atoms. The molecular weight excluding hydrogens is 124 g/mol. The van der Waals surface area contributed by atoms with Crippen LogP contribution in [0.1, 0.15) is 25.7 Å². The molecular formula is C9H17O. The smallest absolute Gasteiger partial charge is 0.0496 e. The van der Waals surface area contributed by atoms with Gasteiger partial charge in [0.2, 0.25) is 0 Å². The Morgan fingerprint density at radius 3 is 2.60 bits per heavy atom. The predicted octanol–water partition coefficient (Wildman–Crippen LogP) is 2.58. The van der Waals surface area contributed by atoms with E-state index >= 15 is 0 Å². The number of ether oxygens (including phenoxy) is 1. The van der Waals surface area contributed by atoms with Crippen molar-refractivity contribution < 1.29 is 4.74 Å². The first-order valence-corrected chi connectivity index (χ1v) is 3.85. The average Bonchev–Trinajstić information content (AvgIpc) is 1.97. The SMILES string of the molecule is [CH2]CCCC=CCCOC. The van der Waals surface area contributed by atoms with E-state index in [4.69, 9.17) is 4.74 Å². The highest BCUT2D eigenvalue weighted by molar-refractivity contribution is 4.81. The summed E-state index contributed by atoms with van der Waals surface area (Å²) in [6.45, 7) is 4.60. The van der Waals surface area contributed by atoms with E-state index in [-0.39, 0.29) is 0 Å². The van der Waals surface area contributed by atoms with E-state index in [2.05, 4.69) is 19.1 Å². The lowest BCUT2D eigenvalue weighted by Gasteiger charge is -1.90. The van der Waals surface area contributed by atoms with Crippen LogP contribution in [0.2, 0.25) is 0 Å². The van der Waals surface area contributed by atoms with Crippen LogP contribution in [0, 0.1) is 6.92 Å². The lowest BCUT2D eigenvalue weighted by Crippen LogP contribution is -1.83. The molecule has 0 fully saturated rings. The van der Waals surface area contributed by atoms with E-state index in [0.717, 1.165) is 25.9 Å². The summed E-state index contributed by atoms with van der Waals surface area (Å²) < 4.78 is 4.88. The Bertz CT molecular complexity index is 66.8. The topological polar surface area (TPSA) is 9.23 Å². The molecule has 0 aliphatic rings. The molecule has 0 unspecified atom stereocenters. The van der Waals surface area contributed by atoms with Crippen molar-refractivity contribution in [2.24, 2.45) is 0 Å². The Morgan fingerprint density at radius 1 is 1.30 bits per heavy atom. The summed E-state index contributed by atoms with van der Waals surface area (Å²) in [5.74, 6) is 0. The van der Waals surface area contributed by atoms with Crippen LogP contribution in [-0.4, -0.2) is 13.7 Å². The number of hydrogen-bond acceptors (Lipinski definition) is 1. The van der Waals surface area contributed by atoms with Crippen molar-refractivity contribution in [2.45, 2.75) is 25.7 Å². The third kappa shape index (κ3) is 7.70. The first-order chi connectivity index (χ1) is 4.91. The summed E-state index contributed by atoms with van der Waals surface area (Å²) in [6.07, 6.45) is 8.79. The zero-order chi connectivity index (χ0) is 7.66. The molecule has 1 heteroatoms. The van der Waals surface area contributed by atoms with Gasteiger partial charge in [-0.15, -0.1) is 0 Å². The third-order valence-corrected chi connectivity index (χ3v) is 1.28. The van der Waals surface area contributed by atoms with Crippen LogP contribution >= 0.6 is 0 Å². The molecule has 0 aliphatic heterocycles. The van der Waals surface area contributed by atoms with Gasteiger partial charge in [0.05, 0.1) is 0 Å². The molecule has 0 saturated heterocycles. The Hall–Kier alpha value is -0.300. The van der Waals surface area contributed by atoms with E-state index in [1.807, 2.05) is 0 Å². The predicted molar refractivity (Wildman–Crippen MR) is 44.8 cm³/mol. The van der Waals surface area contributed by atoms with Crippen LogP contribution in [0.15, 0.2) is 12.2 Å². The molecule has 0 bridgehead atoms. The Kier molecular flexibility index (Phi) is 8.44. The van der Waals surface area contributed by atoms with Gasteiger partial charge in [-0.05, 0) is 19.3 Å². The minimum Gasteiger partial charge on any atom is -0.384 e. The molecule has 59 valence electrons. The van der Waals surface area contributed by atoms with Crippen molar-refractivity contribution in [2.75, 3.05) is 13.7 Å². The molecule has 0 rings (SSSR count). The lowest BCUT2D eigenvalue weighted by atomic mass is 10.2. The molecule has 0 atom stereocenters. The molecule has 0 aromatic rings. The normalized spacial score (nSPS) is 11.0. The van der Waals surface area contributed by atoms with Gasteiger partial charge in [-0.1, -0.05) is 25.5 Å². The Balaban J connectivity index is 2.89. The van der Waals surface area contributed by atoms with Crippen LogP contribution in [-0.2, 0) is 4.74 Å². The minimum absolute atomic E-state index is 0.834. The molecule has 0 aromatic carbocycles. The first-order valence-electron chi connectivity index (χ1n) is 3.85. The second-order valence-electron chi connectivity index (χ2n) is 2.25. The van der Waals surface area contributed by atoms with Crippen LogP contribution in [0.3, 0.4) is 0 Å². The summed E-state index contributed by atoms with van der Waals surface area (Å²) in [7, 11) is 1.73. The fraction of sp³-hybridized carbons (Fsp3) is 0.667. The highest BCUT2D eigenvalue weighted by atomic mass is 16.5. The van der Waals surface area contributed by atoms with Crippen molar-refractivity contribution in [3.05, 3.63) is 19.1 Å². The van der Waals surface area contributed by atoms with Gasteiger partial charge in [0.1, 0.15) is 0 Å². The lowest BCUT2D eigenvalue weighted by molar-refractivity contribution is 0.204. The maximum Gasteiger partial charge on any atom is 0.0496 e. The highest BCUT2D eigenvalue weighted by Gasteiger charge is 1.78. The summed E-state index contributed by atoms with van der Waals surface area (Å²) in [5, 5.41) is 0. The number of hydrogen-bond donors (Lipinski definition) is 0. The van der Waals surface area contributed by atoms with Crippen molar-refractivity contribution >= 4 is 0 Å². The van der Waals surface area contributed by atoms with Crippen LogP contribution in [0.5, 0.6) is 0 Å². The summed E-state index contributed by atoms with van der Waals surface area (Å²) in [4.78, 5) is 0. The van der Waals surface area contributed by atoms with Crippen LogP contribution < -0.4 is 0 Å². The van der Waals surface area contributed by atoms with Crippen molar-refractivity contribution in [3.8, 4) is 0 Å². The summed E-state index contributed by atoms with van der Waals surface area (Å²) >= 11 is 0. The van der Waals surface area contributed by atoms with Crippen molar-refractivity contribution in [1.82, 2.24) is 0 Å². The van der Waals surface area contributed by atoms with E-state index < -0.39 is 0 Å². The third-order valence-electron chi connectivity index (χ3n) is 1.28. The van der Waals surface area contributed by atoms with Crippen LogP contribution in [0.4, 0.5) is 0 Å². The van der Waals surface area contributed by atoms with Gasteiger partial charge in [0.15, 0.2) is 0 Å². The van der Waals surface area contributed by atoms with E-state index in [0.29, 0.717) is 0 Å². The molecule has 10 heavy (non-hydrogen) atoms. The number of allylic oxidation sites excluding steroid dienone is 1. The number of unbranched alkanes of at least 4 members (excludes halogenated alkanes) is 2. The monoisotopic (exact) mass is 141 g/mol. The standard InChI is InChI=1S/C9H17O/c1-3-4-5-6-7-8-9-10-2/h6-7H,1,3-5,8-9H2,2H3. The zero-order valence-electron chi connectivity index (χ0n) is 6.81. The maximum atomic E-state index is 4.88. The van der Waals surface area contributed by atoms with Gasteiger partial charge in [0, 0.05) is 13.7 Å². The minimum atomic E-state index is 0.834. The van der Waals surface area contributed by atoms with Gasteiger partial charge in [-0.3, -0.25) is 0 Å². The van der Waals surface area contributed by atoms with E-state index in [9.17, 15) is 0 Å². The van der Waals surface area contributed by atoms with Gasteiger partial charge in [-0.2, -0.15) is 0 Å². The largest absolute Gasteiger partial charge is 0.384 e. The molecule has 0 amide bonds. The van der Waals surface area contributed by atoms with Crippen molar-refractivity contribution in [3.63, 3.8) is 0 Å². The van der Waals surface area contributed by atoms with E-state index in [1.54, 1.807) is 7.11 Å².